The molecule has 1 aromatic carbocycles. The third-order valence-corrected chi connectivity index (χ3v) is 2.11. The summed E-state index contributed by atoms with van der Waals surface area (Å²) in [6.07, 6.45) is -7.53. The predicted molar refractivity (Wildman–Crippen MR) is 49.5 cm³/mol. The Morgan fingerprint density at radius 2 is 1.81 bits per heavy atom. The highest BCUT2D eigenvalue weighted by molar-refractivity contribution is 5.27. The molecule has 16 heavy (non-hydrogen) atoms. The molecule has 0 aliphatic rings. The minimum absolute atomic E-state index is 0.0867. The van der Waals surface area contributed by atoms with Gasteiger partial charge in [-0.3, -0.25) is 0 Å². The van der Waals surface area contributed by atoms with Gasteiger partial charge in [0.25, 0.3) is 0 Å². The lowest BCUT2D eigenvalue weighted by molar-refractivity contribution is -0.137. The van der Waals surface area contributed by atoms with Crippen molar-refractivity contribution in [2.24, 2.45) is 0 Å². The van der Waals surface area contributed by atoms with E-state index in [9.17, 15) is 18.3 Å². The van der Waals surface area contributed by atoms with Crippen molar-refractivity contribution in [2.75, 3.05) is 6.61 Å². The van der Waals surface area contributed by atoms with E-state index in [1.165, 1.54) is 6.07 Å². The Morgan fingerprint density at radius 3 is 2.31 bits per heavy atom. The number of aliphatic hydroxyl groups excluding tert-OH is 3. The summed E-state index contributed by atoms with van der Waals surface area (Å²) < 4.78 is 37.0. The average Bonchev–Trinajstić information content (AvgIpc) is 2.26. The van der Waals surface area contributed by atoms with Gasteiger partial charge in [0.05, 0.1) is 12.2 Å². The van der Waals surface area contributed by atoms with E-state index in [0.717, 1.165) is 18.2 Å². The number of aliphatic hydroxyl groups is 3. The third kappa shape index (κ3) is 2.94. The molecule has 0 amide bonds. The van der Waals surface area contributed by atoms with Crippen LogP contribution < -0.4 is 0 Å². The molecule has 0 aliphatic heterocycles. The highest BCUT2D eigenvalue weighted by Gasteiger charge is 2.31. The van der Waals surface area contributed by atoms with E-state index in [2.05, 4.69) is 0 Å². The van der Waals surface area contributed by atoms with Gasteiger partial charge >= 0.3 is 6.18 Å². The summed E-state index contributed by atoms with van der Waals surface area (Å²) in [6, 6.07) is 3.98. The van der Waals surface area contributed by atoms with Gasteiger partial charge in [-0.25, -0.2) is 0 Å². The fraction of sp³-hybridized carbons (Fsp3) is 0.400. The van der Waals surface area contributed by atoms with Crippen molar-refractivity contribution in [3.05, 3.63) is 35.4 Å². The molecular formula is C10H11F3O3. The molecule has 0 fully saturated rings. The Balaban J connectivity index is 2.99. The van der Waals surface area contributed by atoms with Crippen molar-refractivity contribution in [3.63, 3.8) is 0 Å². The molecule has 2 atom stereocenters. The topological polar surface area (TPSA) is 60.7 Å². The van der Waals surface area contributed by atoms with Crippen LogP contribution in [0, 0.1) is 0 Å². The van der Waals surface area contributed by atoms with Crippen LogP contribution in [0.4, 0.5) is 13.2 Å². The summed E-state index contributed by atoms with van der Waals surface area (Å²) in [5, 5.41) is 27.1. The van der Waals surface area contributed by atoms with E-state index in [1.807, 2.05) is 0 Å². The van der Waals surface area contributed by atoms with Gasteiger partial charge in [0.2, 0.25) is 0 Å². The Bertz CT molecular complexity index is 351. The number of rotatable bonds is 3. The van der Waals surface area contributed by atoms with E-state index in [-0.39, 0.29) is 5.56 Å². The molecule has 0 aromatic heterocycles. The molecule has 3 nitrogen and oxygen atoms in total. The lowest BCUT2D eigenvalue weighted by Crippen LogP contribution is -2.22. The van der Waals surface area contributed by atoms with Crippen LogP contribution in [0.15, 0.2) is 24.3 Å². The van der Waals surface area contributed by atoms with Crippen LogP contribution in [0.5, 0.6) is 0 Å². The number of hydrogen-bond donors (Lipinski definition) is 3. The molecule has 90 valence electrons. The van der Waals surface area contributed by atoms with Crippen molar-refractivity contribution >= 4 is 0 Å². The maximum atomic E-state index is 12.3. The van der Waals surface area contributed by atoms with Gasteiger partial charge in [0.15, 0.2) is 0 Å². The van der Waals surface area contributed by atoms with Gasteiger partial charge in [-0.05, 0) is 17.7 Å². The fourth-order valence-corrected chi connectivity index (χ4v) is 1.22. The Labute approximate surface area is 89.8 Å². The van der Waals surface area contributed by atoms with E-state index < -0.39 is 30.6 Å². The van der Waals surface area contributed by atoms with Crippen LogP contribution in [0.2, 0.25) is 0 Å². The highest BCUT2D eigenvalue weighted by atomic mass is 19.4. The summed E-state index contributed by atoms with van der Waals surface area (Å²) in [7, 11) is 0. The first kappa shape index (κ1) is 13.0. The molecular weight excluding hydrogens is 225 g/mol. The lowest BCUT2D eigenvalue weighted by atomic mass is 10.0. The minimum atomic E-state index is -4.50. The van der Waals surface area contributed by atoms with Gasteiger partial charge in [-0.2, -0.15) is 13.2 Å². The Hall–Kier alpha value is -1.11. The highest BCUT2D eigenvalue weighted by Crippen LogP contribution is 2.31. The second kappa shape index (κ2) is 4.82. The molecule has 3 N–H and O–H groups in total. The average molecular weight is 236 g/mol. The van der Waals surface area contributed by atoms with Gasteiger partial charge in [-0.1, -0.05) is 12.1 Å². The maximum Gasteiger partial charge on any atom is 0.416 e. The van der Waals surface area contributed by atoms with Crippen LogP contribution >= 0.6 is 0 Å². The first-order valence-electron chi connectivity index (χ1n) is 4.50. The van der Waals surface area contributed by atoms with Crippen molar-refractivity contribution in [3.8, 4) is 0 Å². The fourth-order valence-electron chi connectivity index (χ4n) is 1.22. The van der Waals surface area contributed by atoms with Crippen LogP contribution in [0.25, 0.3) is 0 Å². The van der Waals surface area contributed by atoms with E-state index in [4.69, 9.17) is 10.2 Å². The molecule has 1 rings (SSSR count). The lowest BCUT2D eigenvalue weighted by Gasteiger charge is -2.17. The van der Waals surface area contributed by atoms with Crippen molar-refractivity contribution in [1.82, 2.24) is 0 Å². The minimum Gasteiger partial charge on any atom is -0.394 e. The standard InChI is InChI=1S/C10H11F3O3/c11-10(12,13)7-3-1-2-6(4-7)9(16)8(15)5-14/h1-4,8-9,14-16H,5H2. The largest absolute Gasteiger partial charge is 0.416 e. The molecule has 6 heteroatoms. The summed E-state index contributed by atoms with van der Waals surface area (Å²) in [6.45, 7) is -0.725. The molecule has 2 unspecified atom stereocenters. The normalized spacial score (nSPS) is 15.9. The van der Waals surface area contributed by atoms with Crippen LogP contribution in [-0.4, -0.2) is 28.0 Å². The maximum absolute atomic E-state index is 12.3. The molecule has 0 radical (unpaired) electrons. The van der Waals surface area contributed by atoms with Gasteiger partial charge in [0.1, 0.15) is 12.2 Å². The molecule has 0 saturated carbocycles. The molecule has 0 saturated heterocycles. The van der Waals surface area contributed by atoms with Crippen LogP contribution in [-0.2, 0) is 6.18 Å². The summed E-state index contributed by atoms with van der Waals surface area (Å²) in [5.74, 6) is 0. The number of alkyl halides is 3. The van der Waals surface area contributed by atoms with Crippen molar-refractivity contribution in [1.29, 1.82) is 0 Å². The molecule has 0 bridgehead atoms. The van der Waals surface area contributed by atoms with Gasteiger partial charge in [0, 0.05) is 0 Å². The van der Waals surface area contributed by atoms with Crippen molar-refractivity contribution in [2.45, 2.75) is 18.4 Å². The first-order valence-corrected chi connectivity index (χ1v) is 4.50. The number of hydrogen-bond acceptors (Lipinski definition) is 3. The van der Waals surface area contributed by atoms with Crippen molar-refractivity contribution < 1.29 is 28.5 Å². The quantitative estimate of drug-likeness (QED) is 0.736. The first-order chi connectivity index (χ1) is 7.36. The van der Waals surface area contributed by atoms with Crippen LogP contribution in [0.3, 0.4) is 0 Å². The van der Waals surface area contributed by atoms with E-state index >= 15 is 0 Å². The van der Waals surface area contributed by atoms with E-state index in [1.54, 1.807) is 0 Å². The van der Waals surface area contributed by atoms with Gasteiger partial charge in [-0.15, -0.1) is 0 Å². The number of halogens is 3. The van der Waals surface area contributed by atoms with Crippen LogP contribution in [0.1, 0.15) is 17.2 Å². The molecule has 0 aliphatic carbocycles. The smallest absolute Gasteiger partial charge is 0.394 e. The Kier molecular flexibility index (Phi) is 3.90. The third-order valence-electron chi connectivity index (χ3n) is 2.11. The van der Waals surface area contributed by atoms with E-state index in [0.29, 0.717) is 0 Å². The SMILES string of the molecule is OCC(O)C(O)c1cccc(C(F)(F)F)c1. The Morgan fingerprint density at radius 1 is 1.19 bits per heavy atom. The summed E-state index contributed by atoms with van der Waals surface area (Å²) in [5.41, 5.74) is -0.995. The zero-order valence-electron chi connectivity index (χ0n) is 8.15. The second-order valence-corrected chi connectivity index (χ2v) is 3.32. The zero-order valence-corrected chi connectivity index (χ0v) is 8.15. The zero-order chi connectivity index (χ0) is 12.3. The second-order valence-electron chi connectivity index (χ2n) is 3.32. The number of benzene rings is 1. The summed E-state index contributed by atoms with van der Waals surface area (Å²) in [4.78, 5) is 0. The summed E-state index contributed by atoms with van der Waals surface area (Å²) >= 11 is 0. The molecule has 0 spiro atoms. The monoisotopic (exact) mass is 236 g/mol. The molecule has 0 heterocycles. The van der Waals surface area contributed by atoms with Gasteiger partial charge < -0.3 is 15.3 Å². The molecule has 1 aromatic rings. The predicted octanol–water partition coefficient (Wildman–Crippen LogP) is 1.09.